The molecule has 0 aliphatic heterocycles. The average Bonchev–Trinajstić information content (AvgIpc) is 2.54. The molecule has 138 valence electrons. The molecule has 0 rings (SSSR count). The van der Waals surface area contributed by atoms with Crippen molar-refractivity contribution in [3.8, 4) is 0 Å². The Bertz CT molecular complexity index is 240. The maximum absolute atomic E-state index is 9.59. The summed E-state index contributed by atoms with van der Waals surface area (Å²) >= 11 is 0. The molecule has 0 bridgehead atoms. The van der Waals surface area contributed by atoms with E-state index in [2.05, 4.69) is 24.4 Å². The molecule has 0 amide bonds. The zero-order valence-electron chi connectivity index (χ0n) is 16.0. The molecule has 0 fully saturated rings. The van der Waals surface area contributed by atoms with Gasteiger partial charge in [0.2, 0.25) is 0 Å². The number of aliphatic hydroxyl groups is 1. The quantitative estimate of drug-likeness (QED) is 0.239. The van der Waals surface area contributed by atoms with E-state index in [9.17, 15) is 5.11 Å². The lowest BCUT2D eigenvalue weighted by Crippen LogP contribution is -2.23. The summed E-state index contributed by atoms with van der Waals surface area (Å²) < 4.78 is 0. The largest absolute Gasteiger partial charge is 0.392 e. The van der Waals surface area contributed by atoms with Crippen LogP contribution >= 0.6 is 0 Å². The number of aliphatic hydroxyl groups excluding tert-OH is 1. The highest BCUT2D eigenvalue weighted by Crippen LogP contribution is 2.11. The van der Waals surface area contributed by atoms with Gasteiger partial charge in [-0.05, 0) is 39.2 Å². The molecule has 2 nitrogen and oxygen atoms in total. The fraction of sp³-hybridized carbons (Fsp3) is 0.905. The van der Waals surface area contributed by atoms with Gasteiger partial charge in [0.1, 0.15) is 0 Å². The van der Waals surface area contributed by atoms with Crippen molar-refractivity contribution in [2.75, 3.05) is 13.6 Å². The molecule has 0 heterocycles. The number of hydrogen-bond acceptors (Lipinski definition) is 2. The van der Waals surface area contributed by atoms with E-state index in [0.717, 1.165) is 13.0 Å². The lowest BCUT2D eigenvalue weighted by molar-refractivity contribution is 0.160. The summed E-state index contributed by atoms with van der Waals surface area (Å²) in [5, 5.41) is 12.6. The minimum atomic E-state index is -0.156. The maximum Gasteiger partial charge on any atom is 0.0664 e. The third-order valence-electron chi connectivity index (χ3n) is 4.49. The van der Waals surface area contributed by atoms with Crippen molar-refractivity contribution in [3.05, 3.63) is 12.2 Å². The van der Waals surface area contributed by atoms with Gasteiger partial charge in [0, 0.05) is 6.54 Å². The Hall–Kier alpha value is -0.340. The first-order valence-electron chi connectivity index (χ1n) is 10.3. The lowest BCUT2D eigenvalue weighted by Gasteiger charge is -2.08. The number of unbranched alkanes of at least 4 members (excludes halogenated alkanes) is 12. The van der Waals surface area contributed by atoms with Gasteiger partial charge in [-0.2, -0.15) is 0 Å². The number of likely N-dealkylation sites (N-methyl/N-ethyl adjacent to an activating group) is 1. The number of allylic oxidation sites excluding steroid dienone is 2. The fourth-order valence-corrected chi connectivity index (χ4v) is 2.97. The maximum atomic E-state index is 9.59. The van der Waals surface area contributed by atoms with Crippen LogP contribution in [0.1, 0.15) is 103 Å². The van der Waals surface area contributed by atoms with Crippen LogP contribution in [-0.4, -0.2) is 24.8 Å². The molecule has 0 saturated carbocycles. The van der Waals surface area contributed by atoms with E-state index in [1.54, 1.807) is 0 Å². The van der Waals surface area contributed by atoms with Crippen molar-refractivity contribution < 1.29 is 5.11 Å². The molecule has 0 aromatic carbocycles. The van der Waals surface area contributed by atoms with Gasteiger partial charge < -0.3 is 10.4 Å². The van der Waals surface area contributed by atoms with E-state index in [1.807, 2.05) is 7.05 Å². The Balaban J connectivity index is 3.10. The highest BCUT2D eigenvalue weighted by molar-refractivity contribution is 4.81. The third kappa shape index (κ3) is 19.6. The zero-order valence-corrected chi connectivity index (χ0v) is 16.0. The van der Waals surface area contributed by atoms with Crippen LogP contribution in [0.3, 0.4) is 0 Å². The molecular weight excluding hydrogens is 282 g/mol. The summed E-state index contributed by atoms with van der Waals surface area (Å²) in [7, 11) is 1.89. The predicted octanol–water partition coefficient (Wildman–Crippen LogP) is 5.99. The molecule has 0 aliphatic rings. The molecule has 0 saturated heterocycles. The second-order valence-electron chi connectivity index (χ2n) is 6.94. The molecule has 2 N–H and O–H groups in total. The summed E-state index contributed by atoms with van der Waals surface area (Å²) in [5.74, 6) is 0. The van der Waals surface area contributed by atoms with Gasteiger partial charge in [0.25, 0.3) is 0 Å². The van der Waals surface area contributed by atoms with Crippen LogP contribution in [-0.2, 0) is 0 Å². The molecule has 1 atom stereocenters. The molecule has 0 aromatic rings. The SMILES string of the molecule is CCCCCCCCC=CCCCCCCCCC(O)CNC. The first-order valence-corrected chi connectivity index (χ1v) is 10.3. The highest BCUT2D eigenvalue weighted by Gasteiger charge is 2.01. The van der Waals surface area contributed by atoms with Crippen molar-refractivity contribution in [1.29, 1.82) is 0 Å². The van der Waals surface area contributed by atoms with E-state index < -0.39 is 0 Å². The van der Waals surface area contributed by atoms with Crippen molar-refractivity contribution >= 4 is 0 Å². The summed E-state index contributed by atoms with van der Waals surface area (Å²) in [4.78, 5) is 0. The van der Waals surface area contributed by atoms with E-state index in [0.29, 0.717) is 0 Å². The van der Waals surface area contributed by atoms with Crippen LogP contribution < -0.4 is 5.32 Å². The zero-order chi connectivity index (χ0) is 17.0. The molecule has 0 radical (unpaired) electrons. The topological polar surface area (TPSA) is 32.3 Å². The fourth-order valence-electron chi connectivity index (χ4n) is 2.97. The molecule has 1 unspecified atom stereocenters. The third-order valence-corrected chi connectivity index (χ3v) is 4.49. The highest BCUT2D eigenvalue weighted by atomic mass is 16.3. The van der Waals surface area contributed by atoms with Gasteiger partial charge in [-0.15, -0.1) is 0 Å². The van der Waals surface area contributed by atoms with Crippen LogP contribution in [0.4, 0.5) is 0 Å². The molecule has 0 aromatic heterocycles. The second-order valence-corrected chi connectivity index (χ2v) is 6.94. The summed E-state index contributed by atoms with van der Waals surface area (Å²) in [6.07, 6.45) is 24.3. The molecule has 2 heteroatoms. The van der Waals surface area contributed by atoms with E-state index in [1.165, 1.54) is 89.9 Å². The normalized spacial score (nSPS) is 13.0. The van der Waals surface area contributed by atoms with Gasteiger partial charge in [-0.3, -0.25) is 0 Å². The average molecular weight is 326 g/mol. The number of hydrogen-bond donors (Lipinski definition) is 2. The lowest BCUT2D eigenvalue weighted by atomic mass is 10.1. The number of rotatable bonds is 18. The van der Waals surface area contributed by atoms with Gasteiger partial charge in [-0.25, -0.2) is 0 Å². The van der Waals surface area contributed by atoms with Crippen molar-refractivity contribution in [2.24, 2.45) is 0 Å². The molecule has 23 heavy (non-hydrogen) atoms. The summed E-state index contributed by atoms with van der Waals surface area (Å²) in [6.45, 7) is 3.00. The monoisotopic (exact) mass is 325 g/mol. The number of nitrogens with one attached hydrogen (secondary N) is 1. The van der Waals surface area contributed by atoms with Crippen molar-refractivity contribution in [3.63, 3.8) is 0 Å². The molecule has 0 spiro atoms. The Morgan fingerprint density at radius 3 is 1.74 bits per heavy atom. The van der Waals surface area contributed by atoms with Gasteiger partial charge in [0.05, 0.1) is 6.10 Å². The van der Waals surface area contributed by atoms with Gasteiger partial charge in [0.15, 0.2) is 0 Å². The molecular formula is C21H43NO. The van der Waals surface area contributed by atoms with E-state index >= 15 is 0 Å². The minimum Gasteiger partial charge on any atom is -0.392 e. The van der Waals surface area contributed by atoms with Gasteiger partial charge >= 0.3 is 0 Å². The van der Waals surface area contributed by atoms with Crippen LogP contribution in [0.2, 0.25) is 0 Å². The molecule has 0 aliphatic carbocycles. The standard InChI is InChI=1S/C21H43NO/c1-3-4-5-6-7-8-9-10-11-12-13-14-15-16-17-18-19-21(23)20-22-2/h10-11,21-23H,3-9,12-20H2,1-2H3. The van der Waals surface area contributed by atoms with Crippen LogP contribution in [0, 0.1) is 0 Å². The van der Waals surface area contributed by atoms with Crippen molar-refractivity contribution in [2.45, 2.75) is 109 Å². The van der Waals surface area contributed by atoms with Gasteiger partial charge in [-0.1, -0.05) is 83.3 Å². The van der Waals surface area contributed by atoms with E-state index in [-0.39, 0.29) is 6.10 Å². The Morgan fingerprint density at radius 1 is 0.739 bits per heavy atom. The first kappa shape index (κ1) is 22.7. The van der Waals surface area contributed by atoms with E-state index in [4.69, 9.17) is 0 Å². The van der Waals surface area contributed by atoms with Crippen LogP contribution in [0.15, 0.2) is 12.2 Å². The van der Waals surface area contributed by atoms with Crippen molar-refractivity contribution in [1.82, 2.24) is 5.32 Å². The minimum absolute atomic E-state index is 0.156. The second kappa shape index (κ2) is 19.7. The first-order chi connectivity index (χ1) is 11.3. The Kier molecular flexibility index (Phi) is 19.4. The Morgan fingerprint density at radius 2 is 1.22 bits per heavy atom. The summed E-state index contributed by atoms with van der Waals surface area (Å²) in [5.41, 5.74) is 0. The summed E-state index contributed by atoms with van der Waals surface area (Å²) in [6, 6.07) is 0. The van der Waals surface area contributed by atoms with Crippen LogP contribution in [0.5, 0.6) is 0 Å². The van der Waals surface area contributed by atoms with Crippen LogP contribution in [0.25, 0.3) is 0 Å². The predicted molar refractivity (Wildman–Crippen MR) is 104 cm³/mol. The smallest absolute Gasteiger partial charge is 0.0664 e. The Labute approximate surface area is 146 Å².